The molecule has 16 heavy (non-hydrogen) atoms. The molecule has 0 saturated heterocycles. The summed E-state index contributed by atoms with van der Waals surface area (Å²) in [5.41, 5.74) is 0.667. The van der Waals surface area contributed by atoms with Gasteiger partial charge in [-0.3, -0.25) is 0 Å². The summed E-state index contributed by atoms with van der Waals surface area (Å²) in [6.45, 7) is -2.80. The van der Waals surface area contributed by atoms with Gasteiger partial charge in [0.15, 0.2) is 11.9 Å². The third-order valence-corrected chi connectivity index (χ3v) is 2.18. The summed E-state index contributed by atoms with van der Waals surface area (Å²) in [5.74, 6) is 0.200. The molecule has 2 aromatic rings. The fourth-order valence-electron chi connectivity index (χ4n) is 1.59. The molecule has 1 aromatic heterocycles. The zero-order valence-corrected chi connectivity index (χ0v) is 10.7. The molecular weight excluding hydrogens is 327 g/mol. The van der Waals surface area contributed by atoms with Crippen molar-refractivity contribution >= 4 is 10.9 Å². The number of aromatic nitrogens is 1. The van der Waals surface area contributed by atoms with Crippen LogP contribution in [0, 0.1) is 0 Å². The number of aryl methyl sites for hydroxylation is 1. The zero-order chi connectivity index (χ0) is 10.8. The highest BCUT2D eigenvalue weighted by molar-refractivity contribution is 5.81. The maximum Gasteiger partial charge on any atom is 0.387 e. The van der Waals surface area contributed by atoms with E-state index in [1.54, 1.807) is 23.9 Å². The van der Waals surface area contributed by atoms with E-state index in [2.05, 4.69) is 4.74 Å². The lowest BCUT2D eigenvalue weighted by atomic mass is 10.2. The first-order valence-electron chi connectivity index (χ1n) is 4.50. The molecular formula is C11H10F2INO. The highest BCUT2D eigenvalue weighted by Gasteiger charge is 2.14. The highest BCUT2D eigenvalue weighted by atomic mass is 127. The van der Waals surface area contributed by atoms with E-state index in [1.807, 2.05) is 18.2 Å². The lowest BCUT2D eigenvalue weighted by molar-refractivity contribution is -0.645. The van der Waals surface area contributed by atoms with Crippen LogP contribution < -0.4 is 33.3 Å². The monoisotopic (exact) mass is 337 g/mol. The topological polar surface area (TPSA) is 13.1 Å². The van der Waals surface area contributed by atoms with E-state index in [0.717, 1.165) is 5.39 Å². The molecule has 0 radical (unpaired) electrons. The second-order valence-electron chi connectivity index (χ2n) is 3.19. The Bertz CT molecular complexity index is 485. The second-order valence-corrected chi connectivity index (χ2v) is 3.19. The Hall–Kier alpha value is -0.980. The summed E-state index contributed by atoms with van der Waals surface area (Å²) in [5, 5.41) is 0.873. The van der Waals surface area contributed by atoms with E-state index in [1.165, 1.54) is 6.07 Å². The van der Waals surface area contributed by atoms with Gasteiger partial charge in [0.25, 0.3) is 5.52 Å². The molecule has 0 N–H and O–H groups in total. The van der Waals surface area contributed by atoms with Crippen molar-refractivity contribution < 1.29 is 42.1 Å². The quantitative estimate of drug-likeness (QED) is 0.520. The first kappa shape index (κ1) is 13.1. The van der Waals surface area contributed by atoms with Gasteiger partial charge in [0.2, 0.25) is 0 Å². The van der Waals surface area contributed by atoms with E-state index in [9.17, 15) is 8.78 Å². The number of benzene rings is 1. The highest BCUT2D eigenvalue weighted by Crippen LogP contribution is 2.23. The predicted molar refractivity (Wildman–Crippen MR) is 51.8 cm³/mol. The van der Waals surface area contributed by atoms with Gasteiger partial charge >= 0.3 is 6.61 Å². The van der Waals surface area contributed by atoms with Crippen LogP contribution in [0.4, 0.5) is 8.78 Å². The summed E-state index contributed by atoms with van der Waals surface area (Å²) < 4.78 is 30.5. The molecule has 0 aliphatic rings. The largest absolute Gasteiger partial charge is 1.00 e. The molecule has 0 saturated carbocycles. The molecule has 86 valence electrons. The Balaban J connectivity index is 0.00000128. The summed E-state index contributed by atoms with van der Waals surface area (Å²) in [4.78, 5) is 0. The molecule has 0 amide bonds. The number of hydrogen-bond donors (Lipinski definition) is 0. The molecule has 0 aliphatic heterocycles. The van der Waals surface area contributed by atoms with Gasteiger partial charge in [0.05, 0.1) is 5.39 Å². The van der Waals surface area contributed by atoms with E-state index in [0.29, 0.717) is 5.52 Å². The van der Waals surface area contributed by atoms with Gasteiger partial charge in [-0.2, -0.15) is 13.3 Å². The summed E-state index contributed by atoms with van der Waals surface area (Å²) >= 11 is 0. The predicted octanol–water partition coefficient (Wildman–Crippen LogP) is -0.730. The first-order chi connectivity index (χ1) is 7.18. The molecule has 0 spiro atoms. The van der Waals surface area contributed by atoms with Crippen molar-refractivity contribution in [3.05, 3.63) is 36.5 Å². The third-order valence-electron chi connectivity index (χ3n) is 2.18. The molecule has 0 bridgehead atoms. The van der Waals surface area contributed by atoms with Gasteiger partial charge in [0, 0.05) is 6.07 Å². The van der Waals surface area contributed by atoms with E-state index in [-0.39, 0.29) is 29.7 Å². The first-order valence-corrected chi connectivity index (χ1v) is 4.50. The molecule has 0 atom stereocenters. The zero-order valence-electron chi connectivity index (χ0n) is 8.53. The second kappa shape index (κ2) is 5.38. The van der Waals surface area contributed by atoms with Crippen LogP contribution in [-0.4, -0.2) is 6.61 Å². The fourth-order valence-corrected chi connectivity index (χ4v) is 1.59. The minimum atomic E-state index is -2.80. The van der Waals surface area contributed by atoms with Crippen LogP contribution >= 0.6 is 0 Å². The van der Waals surface area contributed by atoms with E-state index in [4.69, 9.17) is 0 Å². The molecule has 5 heteroatoms. The smallest absolute Gasteiger partial charge is 0.387 e. The molecule has 1 heterocycles. The Morgan fingerprint density at radius 1 is 1.19 bits per heavy atom. The molecule has 1 aromatic carbocycles. The van der Waals surface area contributed by atoms with E-state index < -0.39 is 6.61 Å². The van der Waals surface area contributed by atoms with Gasteiger partial charge in [-0.15, -0.1) is 0 Å². The van der Waals surface area contributed by atoms with Crippen molar-refractivity contribution in [2.24, 2.45) is 7.05 Å². The van der Waals surface area contributed by atoms with Crippen LogP contribution in [0.3, 0.4) is 0 Å². The molecule has 2 rings (SSSR count). The Morgan fingerprint density at radius 3 is 2.56 bits per heavy atom. The lowest BCUT2D eigenvalue weighted by Gasteiger charge is -2.05. The average molecular weight is 337 g/mol. The van der Waals surface area contributed by atoms with Crippen molar-refractivity contribution in [1.82, 2.24) is 0 Å². The molecule has 0 aliphatic carbocycles. The number of fused-ring (bicyclic) bond motifs is 1. The summed E-state index contributed by atoms with van der Waals surface area (Å²) in [6, 6.07) is 8.80. The number of halogens is 3. The fraction of sp³-hybridized carbons (Fsp3) is 0.182. The van der Waals surface area contributed by atoms with Gasteiger partial charge in [-0.25, -0.2) is 0 Å². The van der Waals surface area contributed by atoms with Gasteiger partial charge < -0.3 is 28.7 Å². The summed E-state index contributed by atoms with van der Waals surface area (Å²) in [7, 11) is 1.79. The minimum Gasteiger partial charge on any atom is -1.00 e. The number of pyridine rings is 1. The lowest BCUT2D eigenvalue weighted by Crippen LogP contribution is -3.00. The summed E-state index contributed by atoms with van der Waals surface area (Å²) in [6.07, 6.45) is 1.79. The van der Waals surface area contributed by atoms with Crippen LogP contribution in [0.1, 0.15) is 0 Å². The normalized spacial score (nSPS) is 10.2. The molecule has 2 nitrogen and oxygen atoms in total. The number of ether oxygens (including phenoxy) is 1. The average Bonchev–Trinajstić information content (AvgIpc) is 2.17. The van der Waals surface area contributed by atoms with Crippen LogP contribution in [0.15, 0.2) is 36.5 Å². The SMILES string of the molecule is C[n+]1cccc2cccc(OC(F)F)c21.[I-]. The minimum absolute atomic E-state index is 0. The number of hydrogen-bond acceptors (Lipinski definition) is 1. The van der Waals surface area contributed by atoms with Crippen molar-refractivity contribution in [2.45, 2.75) is 6.61 Å². The van der Waals surface area contributed by atoms with Crippen LogP contribution in [0.25, 0.3) is 10.9 Å². The van der Waals surface area contributed by atoms with Gasteiger partial charge in [-0.05, 0) is 18.2 Å². The van der Waals surface area contributed by atoms with Crippen LogP contribution in [0.5, 0.6) is 5.75 Å². The van der Waals surface area contributed by atoms with Crippen molar-refractivity contribution in [1.29, 1.82) is 0 Å². The van der Waals surface area contributed by atoms with Crippen LogP contribution in [-0.2, 0) is 7.05 Å². The molecule has 0 unspecified atom stereocenters. The van der Waals surface area contributed by atoms with Gasteiger partial charge in [-0.1, -0.05) is 6.07 Å². The van der Waals surface area contributed by atoms with Crippen molar-refractivity contribution in [2.75, 3.05) is 0 Å². The third kappa shape index (κ3) is 2.58. The van der Waals surface area contributed by atoms with Crippen LogP contribution in [0.2, 0.25) is 0 Å². The number of rotatable bonds is 2. The maximum atomic E-state index is 12.1. The Morgan fingerprint density at radius 2 is 1.88 bits per heavy atom. The number of nitrogens with zero attached hydrogens (tertiary/aromatic N) is 1. The van der Waals surface area contributed by atoms with E-state index >= 15 is 0 Å². The maximum absolute atomic E-state index is 12.1. The Labute approximate surface area is 109 Å². The van der Waals surface area contributed by atoms with Crippen molar-refractivity contribution in [3.63, 3.8) is 0 Å². The number of alkyl halides is 2. The standard InChI is InChI=1S/C11H10F2NO.HI/c1-14-7-3-5-8-4-2-6-9(10(8)14)15-11(12)13;/h2-7,11H,1H3;1H/q+1;/p-1. The number of para-hydroxylation sites is 1. The molecule has 0 fully saturated rings. The van der Waals surface area contributed by atoms with Crippen molar-refractivity contribution in [3.8, 4) is 5.75 Å². The van der Waals surface area contributed by atoms with Gasteiger partial charge in [0.1, 0.15) is 7.05 Å². The Kier molecular flexibility index (Phi) is 4.40.